The predicted octanol–water partition coefficient (Wildman–Crippen LogP) is 4.82. The van der Waals surface area contributed by atoms with Gasteiger partial charge in [0.25, 0.3) is 0 Å². The summed E-state index contributed by atoms with van der Waals surface area (Å²) in [7, 11) is 0. The van der Waals surface area contributed by atoms with E-state index in [1.165, 1.54) is 13.0 Å². The summed E-state index contributed by atoms with van der Waals surface area (Å²) in [4.78, 5) is 25.8. The summed E-state index contributed by atoms with van der Waals surface area (Å²) in [5, 5.41) is 21.5. The molecule has 11 heteroatoms. The van der Waals surface area contributed by atoms with Gasteiger partial charge in [0.05, 0.1) is 24.3 Å². The predicted molar refractivity (Wildman–Crippen MR) is 126 cm³/mol. The highest BCUT2D eigenvalue weighted by Gasteiger charge is 2.51. The van der Waals surface area contributed by atoms with Crippen LogP contribution in [-0.2, 0) is 16.1 Å². The number of nitrogens with zero attached hydrogens (tertiary/aromatic N) is 1. The molecule has 1 amide bonds. The van der Waals surface area contributed by atoms with Crippen LogP contribution < -0.4 is 15.0 Å². The molecule has 0 saturated carbocycles. The van der Waals surface area contributed by atoms with Crippen LogP contribution in [0.4, 0.5) is 29.3 Å². The summed E-state index contributed by atoms with van der Waals surface area (Å²) >= 11 is 0. The number of anilines is 2. The van der Waals surface area contributed by atoms with E-state index in [0.29, 0.717) is 18.0 Å². The van der Waals surface area contributed by atoms with E-state index in [2.05, 4.69) is 10.1 Å². The van der Waals surface area contributed by atoms with E-state index < -0.39 is 42.0 Å². The average Bonchev–Trinajstić information content (AvgIpc) is 2.78. The lowest BCUT2D eigenvalue weighted by Crippen LogP contribution is -2.45. The first-order valence-corrected chi connectivity index (χ1v) is 11.2. The van der Waals surface area contributed by atoms with Gasteiger partial charge >= 0.3 is 18.2 Å². The molecule has 1 heterocycles. The number of nitrogens with one attached hydrogen (secondary N) is 1. The first kappa shape index (κ1) is 27.1. The van der Waals surface area contributed by atoms with Crippen LogP contribution in [0.5, 0.6) is 5.75 Å². The first-order valence-electron chi connectivity index (χ1n) is 11.2. The lowest BCUT2D eigenvalue weighted by molar-refractivity contribution is -0.242. The Morgan fingerprint density at radius 2 is 1.81 bits per heavy atom. The third-order valence-electron chi connectivity index (χ3n) is 6.05. The smallest absolute Gasteiger partial charge is 0.427 e. The Hall–Kier alpha value is -3.47. The number of aliphatic hydroxyl groups excluding tert-OH is 1. The molecular formula is C25H29F3N2O6. The van der Waals surface area contributed by atoms with Gasteiger partial charge in [-0.25, -0.2) is 4.79 Å². The molecule has 36 heavy (non-hydrogen) atoms. The molecule has 0 spiro atoms. The fourth-order valence-corrected chi connectivity index (χ4v) is 3.72. The number of hydrogen-bond donors (Lipinski definition) is 3. The molecule has 1 unspecified atom stereocenters. The zero-order chi connectivity index (χ0) is 26.7. The minimum absolute atomic E-state index is 0.0441. The van der Waals surface area contributed by atoms with Crippen molar-refractivity contribution in [3.8, 4) is 5.75 Å². The van der Waals surface area contributed by atoms with Crippen LogP contribution in [0.3, 0.4) is 0 Å². The maximum Gasteiger partial charge on any atom is 0.427 e. The number of alkyl halides is 3. The molecule has 0 saturated heterocycles. The standard InChI is InChI=1S/C25H29F3N2O6/c1-23(2,25(26,27)28)36-22(34)29-17-9-10-20-19(11-17)30(13-16-7-5-4-6-8-16)14-18(35-20)12-24(3,15-31)21(32)33/h4-11,18,31H,12-15H2,1-3H3,(H,29,34)(H,32,33)/t18-,24?/m0/s1. The van der Waals surface area contributed by atoms with Gasteiger partial charge in [-0.2, -0.15) is 13.2 Å². The van der Waals surface area contributed by atoms with Crippen molar-refractivity contribution >= 4 is 23.4 Å². The second-order valence-electron chi connectivity index (χ2n) is 9.54. The molecule has 0 aromatic heterocycles. The molecule has 0 bridgehead atoms. The number of rotatable bonds is 8. The number of aliphatic carboxylic acids is 1. The molecule has 2 aromatic carbocycles. The number of carboxylic acid groups (broad SMARTS) is 1. The summed E-state index contributed by atoms with van der Waals surface area (Å²) < 4.78 is 49.8. The third kappa shape index (κ3) is 6.20. The van der Waals surface area contributed by atoms with Gasteiger partial charge in [-0.1, -0.05) is 30.3 Å². The van der Waals surface area contributed by atoms with Crippen LogP contribution in [0.2, 0.25) is 0 Å². The lowest BCUT2D eigenvalue weighted by atomic mass is 9.84. The summed E-state index contributed by atoms with van der Waals surface area (Å²) in [6, 6.07) is 14.0. The van der Waals surface area contributed by atoms with Crippen molar-refractivity contribution in [1.82, 2.24) is 0 Å². The van der Waals surface area contributed by atoms with E-state index in [9.17, 15) is 33.0 Å². The van der Waals surface area contributed by atoms with Gasteiger partial charge in [0.2, 0.25) is 5.60 Å². The molecule has 1 aliphatic rings. The van der Waals surface area contributed by atoms with Crippen LogP contribution >= 0.6 is 0 Å². The average molecular weight is 511 g/mol. The van der Waals surface area contributed by atoms with E-state index in [4.69, 9.17) is 4.74 Å². The van der Waals surface area contributed by atoms with Crippen molar-refractivity contribution < 1.29 is 42.4 Å². The van der Waals surface area contributed by atoms with Gasteiger partial charge < -0.3 is 24.6 Å². The molecule has 3 rings (SSSR count). The summed E-state index contributed by atoms with van der Waals surface area (Å²) in [5.41, 5.74) is -2.37. The van der Waals surface area contributed by atoms with E-state index >= 15 is 0 Å². The number of fused-ring (bicyclic) bond motifs is 1. The third-order valence-corrected chi connectivity index (χ3v) is 6.05. The number of ether oxygens (including phenoxy) is 2. The SMILES string of the molecule is CC(CO)(C[C@H]1CN(Cc2ccccc2)c2cc(NC(=O)OC(C)(C)C(F)(F)F)ccc2O1)C(=O)O. The van der Waals surface area contributed by atoms with Crippen molar-refractivity contribution in [3.63, 3.8) is 0 Å². The van der Waals surface area contributed by atoms with E-state index in [1.54, 1.807) is 12.1 Å². The number of halogens is 3. The van der Waals surface area contributed by atoms with Crippen molar-refractivity contribution in [3.05, 3.63) is 54.1 Å². The molecule has 8 nitrogen and oxygen atoms in total. The zero-order valence-corrected chi connectivity index (χ0v) is 20.1. The summed E-state index contributed by atoms with van der Waals surface area (Å²) in [5.74, 6) is -0.740. The van der Waals surface area contributed by atoms with Crippen molar-refractivity contribution in [1.29, 1.82) is 0 Å². The number of carboxylic acids is 1. The molecule has 196 valence electrons. The topological polar surface area (TPSA) is 108 Å². The number of carbonyl (C=O) groups excluding carboxylic acids is 1. The van der Waals surface area contributed by atoms with Gasteiger partial charge in [0.15, 0.2) is 0 Å². The molecular weight excluding hydrogens is 481 g/mol. The quantitative estimate of drug-likeness (QED) is 0.467. The van der Waals surface area contributed by atoms with Crippen molar-refractivity contribution in [2.24, 2.45) is 5.41 Å². The van der Waals surface area contributed by atoms with Crippen LogP contribution in [0, 0.1) is 5.41 Å². The number of hydrogen-bond acceptors (Lipinski definition) is 6. The summed E-state index contributed by atoms with van der Waals surface area (Å²) in [6.07, 6.45) is -6.52. The maximum absolute atomic E-state index is 13.1. The highest BCUT2D eigenvalue weighted by molar-refractivity contribution is 5.86. The fraction of sp³-hybridized carbons (Fsp3) is 0.440. The monoisotopic (exact) mass is 510 g/mol. The number of carbonyl (C=O) groups is 2. The molecule has 0 aliphatic carbocycles. The van der Waals surface area contributed by atoms with Gasteiger partial charge in [-0.3, -0.25) is 10.1 Å². The van der Waals surface area contributed by atoms with Gasteiger partial charge in [-0.05, 0) is 44.5 Å². The molecule has 2 atom stereocenters. The number of benzene rings is 2. The number of aliphatic hydroxyl groups is 1. The van der Waals surface area contributed by atoms with Crippen LogP contribution in [-0.4, -0.2) is 53.3 Å². The van der Waals surface area contributed by atoms with Gasteiger partial charge in [0.1, 0.15) is 11.9 Å². The van der Waals surface area contributed by atoms with Crippen molar-refractivity contribution in [2.45, 2.75) is 51.6 Å². The first-order chi connectivity index (χ1) is 16.7. The Morgan fingerprint density at radius 3 is 2.39 bits per heavy atom. The second-order valence-corrected chi connectivity index (χ2v) is 9.54. The minimum Gasteiger partial charge on any atom is -0.486 e. The fourth-order valence-electron chi connectivity index (χ4n) is 3.72. The van der Waals surface area contributed by atoms with Crippen LogP contribution in [0.1, 0.15) is 32.8 Å². The maximum atomic E-state index is 13.1. The van der Waals surface area contributed by atoms with Crippen molar-refractivity contribution in [2.75, 3.05) is 23.4 Å². The zero-order valence-electron chi connectivity index (χ0n) is 20.1. The van der Waals surface area contributed by atoms with Gasteiger partial charge in [0, 0.05) is 18.7 Å². The Balaban J connectivity index is 1.86. The highest BCUT2D eigenvalue weighted by Crippen LogP contribution is 2.39. The molecule has 0 fully saturated rings. The molecule has 3 N–H and O–H groups in total. The molecule has 0 radical (unpaired) electrons. The lowest BCUT2D eigenvalue weighted by Gasteiger charge is -2.39. The van der Waals surface area contributed by atoms with Gasteiger partial charge in [-0.15, -0.1) is 0 Å². The minimum atomic E-state index is -4.74. The van der Waals surface area contributed by atoms with Crippen LogP contribution in [0.25, 0.3) is 0 Å². The number of amides is 1. The van der Waals surface area contributed by atoms with E-state index in [-0.39, 0.29) is 18.7 Å². The largest absolute Gasteiger partial charge is 0.486 e. The normalized spacial score (nSPS) is 17.4. The summed E-state index contributed by atoms with van der Waals surface area (Å²) in [6.45, 7) is 3.09. The Kier molecular flexibility index (Phi) is 7.73. The van der Waals surface area contributed by atoms with E-state index in [0.717, 1.165) is 19.4 Å². The Bertz CT molecular complexity index is 1090. The van der Waals surface area contributed by atoms with E-state index in [1.807, 2.05) is 35.2 Å². The second kappa shape index (κ2) is 10.3. The molecule has 1 aliphatic heterocycles. The van der Waals surface area contributed by atoms with Crippen LogP contribution in [0.15, 0.2) is 48.5 Å². The Morgan fingerprint density at radius 1 is 1.14 bits per heavy atom. The Labute approximate surface area is 206 Å². The highest BCUT2D eigenvalue weighted by atomic mass is 19.4. The molecule has 2 aromatic rings.